The summed E-state index contributed by atoms with van der Waals surface area (Å²) in [4.78, 5) is 1.43. The van der Waals surface area contributed by atoms with Crippen molar-refractivity contribution in [3.05, 3.63) is 20.8 Å². The molecule has 0 saturated heterocycles. The summed E-state index contributed by atoms with van der Waals surface area (Å²) < 4.78 is 1.24. The predicted octanol–water partition coefficient (Wildman–Crippen LogP) is 4.37. The van der Waals surface area contributed by atoms with Crippen molar-refractivity contribution in [2.24, 2.45) is 0 Å². The van der Waals surface area contributed by atoms with Crippen LogP contribution in [-0.4, -0.2) is 11.6 Å². The lowest BCUT2D eigenvalue weighted by Gasteiger charge is -1.97. The predicted molar refractivity (Wildman–Crippen MR) is 63.5 cm³/mol. The number of rotatable bonds is 5. The molecule has 12 heavy (non-hydrogen) atoms. The number of alkyl halides is 1. The molecule has 0 aliphatic rings. The van der Waals surface area contributed by atoms with E-state index in [1.807, 2.05) is 11.8 Å². The summed E-state index contributed by atoms with van der Waals surface area (Å²) in [6, 6.07) is 2.10. The summed E-state index contributed by atoms with van der Waals surface area (Å²) in [5, 5.41) is 2.11. The van der Waals surface area contributed by atoms with Crippen LogP contribution in [-0.2, 0) is 5.75 Å². The molecule has 0 aliphatic heterocycles. The molecule has 0 nitrogen and oxygen atoms in total. The van der Waals surface area contributed by atoms with Crippen molar-refractivity contribution in [2.45, 2.75) is 12.2 Å². The lowest BCUT2D eigenvalue weighted by molar-refractivity contribution is 1.11. The number of hydrogen-bond acceptors (Lipinski definition) is 2. The van der Waals surface area contributed by atoms with E-state index in [0.717, 1.165) is 23.8 Å². The van der Waals surface area contributed by atoms with Gasteiger partial charge in [-0.3, -0.25) is 0 Å². The highest BCUT2D eigenvalue weighted by molar-refractivity contribution is 9.10. The Morgan fingerprint density at radius 3 is 3.00 bits per heavy atom. The summed E-state index contributed by atoms with van der Waals surface area (Å²) in [6.07, 6.45) is 1.11. The highest BCUT2D eigenvalue weighted by Gasteiger charge is 2.00. The zero-order valence-corrected chi connectivity index (χ0v) is 10.5. The van der Waals surface area contributed by atoms with Gasteiger partial charge in [0.05, 0.1) is 0 Å². The van der Waals surface area contributed by atoms with Crippen LogP contribution in [0.5, 0.6) is 0 Å². The summed E-state index contributed by atoms with van der Waals surface area (Å²) in [5.74, 6) is 3.04. The first-order valence-electron chi connectivity index (χ1n) is 3.70. The zero-order valence-electron chi connectivity index (χ0n) is 6.56. The van der Waals surface area contributed by atoms with E-state index < -0.39 is 0 Å². The van der Waals surface area contributed by atoms with Crippen molar-refractivity contribution in [1.29, 1.82) is 0 Å². The molecule has 1 rings (SSSR count). The van der Waals surface area contributed by atoms with Crippen LogP contribution >= 0.6 is 50.6 Å². The molecule has 0 aromatic carbocycles. The molecule has 0 unspecified atom stereocenters. The van der Waals surface area contributed by atoms with Crippen molar-refractivity contribution < 1.29 is 0 Å². The third kappa shape index (κ3) is 3.69. The van der Waals surface area contributed by atoms with Crippen molar-refractivity contribution in [3.8, 4) is 0 Å². The molecule has 0 amide bonds. The van der Waals surface area contributed by atoms with Gasteiger partial charge in [0.15, 0.2) is 0 Å². The Morgan fingerprint density at radius 1 is 1.58 bits per heavy atom. The maximum absolute atomic E-state index is 5.57. The Hall–Kier alpha value is 0.820. The number of hydrogen-bond donors (Lipinski definition) is 0. The maximum atomic E-state index is 5.57. The molecule has 0 fully saturated rings. The first kappa shape index (κ1) is 10.9. The normalized spacial score (nSPS) is 10.5. The number of halogens is 2. The van der Waals surface area contributed by atoms with Crippen molar-refractivity contribution >= 4 is 50.6 Å². The smallest absolute Gasteiger partial charge is 0.0322 e. The highest BCUT2D eigenvalue weighted by atomic mass is 79.9. The molecule has 1 aromatic heterocycles. The zero-order chi connectivity index (χ0) is 8.81. The minimum absolute atomic E-state index is 0.776. The average Bonchev–Trinajstić information content (AvgIpc) is 2.46. The molecule has 4 heteroatoms. The molecule has 0 N–H and O–H groups in total. The quantitative estimate of drug-likeness (QED) is 0.572. The van der Waals surface area contributed by atoms with Crippen LogP contribution in [0.15, 0.2) is 15.9 Å². The fourth-order valence-electron chi connectivity index (χ4n) is 0.750. The van der Waals surface area contributed by atoms with E-state index in [-0.39, 0.29) is 0 Å². The Balaban J connectivity index is 2.20. The van der Waals surface area contributed by atoms with Crippen LogP contribution in [0, 0.1) is 0 Å². The first-order chi connectivity index (χ1) is 5.84. The third-order valence-corrected chi connectivity index (χ3v) is 4.79. The van der Waals surface area contributed by atoms with Gasteiger partial charge in [0.1, 0.15) is 0 Å². The lowest BCUT2D eigenvalue weighted by Crippen LogP contribution is -1.82. The molecule has 0 saturated carbocycles. The van der Waals surface area contributed by atoms with E-state index in [4.69, 9.17) is 11.6 Å². The second kappa shape index (κ2) is 6.30. The summed E-state index contributed by atoms with van der Waals surface area (Å²) in [6.45, 7) is 0. The number of thioether (sulfide) groups is 1. The topological polar surface area (TPSA) is 0 Å². The molecule has 0 spiro atoms. The summed E-state index contributed by atoms with van der Waals surface area (Å²) in [7, 11) is 0. The van der Waals surface area contributed by atoms with Gasteiger partial charge in [-0.05, 0) is 39.6 Å². The maximum Gasteiger partial charge on any atom is 0.0322 e. The van der Waals surface area contributed by atoms with E-state index in [1.54, 1.807) is 11.3 Å². The van der Waals surface area contributed by atoms with E-state index in [0.29, 0.717) is 0 Å². The molecular weight excluding hydrogens is 276 g/mol. The molecule has 1 heterocycles. The standard InChI is InChI=1S/C8H10BrClS2/c9-7-2-5-12-8(7)6-11-4-1-3-10/h2,5H,1,3-4,6H2. The van der Waals surface area contributed by atoms with Gasteiger partial charge in [0.2, 0.25) is 0 Å². The highest BCUT2D eigenvalue weighted by Crippen LogP contribution is 2.26. The molecule has 0 aliphatic carbocycles. The van der Waals surface area contributed by atoms with Gasteiger partial charge < -0.3 is 0 Å². The Morgan fingerprint density at radius 2 is 2.42 bits per heavy atom. The van der Waals surface area contributed by atoms with Gasteiger partial charge in [-0.1, -0.05) is 0 Å². The van der Waals surface area contributed by atoms with E-state index in [1.165, 1.54) is 9.35 Å². The first-order valence-corrected chi connectivity index (χ1v) is 7.06. The Labute approximate surface area is 94.8 Å². The minimum Gasteiger partial charge on any atom is -0.156 e. The van der Waals surface area contributed by atoms with Crippen molar-refractivity contribution in [1.82, 2.24) is 0 Å². The Bertz CT molecular complexity index is 225. The fourth-order valence-corrected chi connectivity index (χ4v) is 3.86. The van der Waals surface area contributed by atoms with E-state index in [9.17, 15) is 0 Å². The van der Waals surface area contributed by atoms with Crippen LogP contribution in [0.1, 0.15) is 11.3 Å². The second-order valence-corrected chi connectivity index (χ2v) is 5.62. The third-order valence-electron chi connectivity index (χ3n) is 1.35. The molecular formula is C8H10BrClS2. The van der Waals surface area contributed by atoms with E-state index in [2.05, 4.69) is 27.4 Å². The SMILES string of the molecule is ClCCCSCc1sccc1Br. The second-order valence-electron chi connectivity index (χ2n) is 2.29. The molecule has 1 aromatic rings. The van der Waals surface area contributed by atoms with Gasteiger partial charge in [-0.2, -0.15) is 11.8 Å². The molecule has 0 bridgehead atoms. The van der Waals surface area contributed by atoms with Crippen LogP contribution in [0.25, 0.3) is 0 Å². The number of thiophene rings is 1. The van der Waals surface area contributed by atoms with Gasteiger partial charge in [0.25, 0.3) is 0 Å². The monoisotopic (exact) mass is 284 g/mol. The van der Waals surface area contributed by atoms with Gasteiger partial charge >= 0.3 is 0 Å². The largest absolute Gasteiger partial charge is 0.156 e. The van der Waals surface area contributed by atoms with Crippen LogP contribution in [0.4, 0.5) is 0 Å². The van der Waals surface area contributed by atoms with Gasteiger partial charge in [0, 0.05) is 21.0 Å². The van der Waals surface area contributed by atoms with Gasteiger partial charge in [-0.15, -0.1) is 22.9 Å². The van der Waals surface area contributed by atoms with E-state index >= 15 is 0 Å². The molecule has 0 atom stereocenters. The summed E-state index contributed by atoms with van der Waals surface area (Å²) in [5.41, 5.74) is 0. The van der Waals surface area contributed by atoms with Gasteiger partial charge in [-0.25, -0.2) is 0 Å². The lowest BCUT2D eigenvalue weighted by atomic mass is 10.5. The Kier molecular flexibility index (Phi) is 5.72. The van der Waals surface area contributed by atoms with Crippen LogP contribution in [0.3, 0.4) is 0 Å². The van der Waals surface area contributed by atoms with Crippen LogP contribution in [0.2, 0.25) is 0 Å². The van der Waals surface area contributed by atoms with Crippen molar-refractivity contribution in [2.75, 3.05) is 11.6 Å². The average molecular weight is 286 g/mol. The fraction of sp³-hybridized carbons (Fsp3) is 0.500. The van der Waals surface area contributed by atoms with Crippen molar-refractivity contribution in [3.63, 3.8) is 0 Å². The minimum atomic E-state index is 0.776. The summed E-state index contributed by atoms with van der Waals surface area (Å²) >= 11 is 12.8. The molecule has 68 valence electrons. The molecule has 0 radical (unpaired) electrons. The van der Waals surface area contributed by atoms with Crippen LogP contribution < -0.4 is 0 Å².